The summed E-state index contributed by atoms with van der Waals surface area (Å²) in [7, 11) is 1.49. The summed E-state index contributed by atoms with van der Waals surface area (Å²) in [6, 6.07) is 12.4. The van der Waals surface area contributed by atoms with Gasteiger partial charge in [0.15, 0.2) is 5.60 Å². The quantitative estimate of drug-likeness (QED) is 0.845. The van der Waals surface area contributed by atoms with Gasteiger partial charge in [-0.05, 0) is 43.7 Å². The van der Waals surface area contributed by atoms with Crippen LogP contribution in [0.1, 0.15) is 26.3 Å². The molecule has 1 heterocycles. The number of fused-ring (bicyclic) bond motifs is 3. The molecule has 5 heteroatoms. The van der Waals surface area contributed by atoms with Crippen molar-refractivity contribution in [3.8, 4) is 0 Å². The van der Waals surface area contributed by atoms with Crippen LogP contribution in [0, 0.1) is 0 Å². The lowest BCUT2D eigenvalue weighted by molar-refractivity contribution is -0.169. The molecule has 1 aliphatic rings. The minimum atomic E-state index is -0.996. The van der Waals surface area contributed by atoms with E-state index in [4.69, 9.17) is 9.57 Å². The van der Waals surface area contributed by atoms with E-state index in [1.54, 1.807) is 25.6 Å². The summed E-state index contributed by atoms with van der Waals surface area (Å²) in [5.74, 6) is -0.460. The van der Waals surface area contributed by atoms with Gasteiger partial charge < -0.3 is 9.57 Å². The van der Waals surface area contributed by atoms with E-state index in [0.29, 0.717) is 0 Å². The summed E-state index contributed by atoms with van der Waals surface area (Å²) in [6.07, 6.45) is 2.08. The maximum Gasteiger partial charge on any atom is 0.362 e. The van der Waals surface area contributed by atoms with Gasteiger partial charge in [0, 0.05) is 22.8 Å². The average molecular weight is 343 g/mol. The van der Waals surface area contributed by atoms with E-state index in [1.165, 1.54) is 12.0 Å². The van der Waals surface area contributed by atoms with Crippen LogP contribution in [0.5, 0.6) is 0 Å². The Morgan fingerprint density at radius 1 is 1.21 bits per heavy atom. The lowest BCUT2D eigenvalue weighted by Gasteiger charge is -2.25. The lowest BCUT2D eigenvalue weighted by atomic mass is 10.0. The third-order valence-electron chi connectivity index (χ3n) is 4.13. The second-order valence-electron chi connectivity index (χ2n) is 6.27. The highest BCUT2D eigenvalue weighted by molar-refractivity contribution is 8.00. The highest BCUT2D eigenvalue weighted by Gasteiger charge is 2.30. The Labute approximate surface area is 146 Å². The molecule has 24 heavy (non-hydrogen) atoms. The second-order valence-corrected chi connectivity index (χ2v) is 7.69. The normalized spacial score (nSPS) is 17.2. The predicted molar refractivity (Wildman–Crippen MR) is 97.6 cm³/mol. The maximum atomic E-state index is 12.2. The Bertz CT molecular complexity index is 813. The first-order valence-corrected chi connectivity index (χ1v) is 8.73. The first-order valence-electron chi connectivity index (χ1n) is 7.85. The zero-order chi connectivity index (χ0) is 17.3. The van der Waals surface area contributed by atoms with Crippen molar-refractivity contribution in [2.75, 3.05) is 7.11 Å². The van der Waals surface area contributed by atoms with Crippen molar-refractivity contribution in [3.05, 3.63) is 48.0 Å². The van der Waals surface area contributed by atoms with Crippen molar-refractivity contribution in [2.24, 2.45) is 0 Å². The van der Waals surface area contributed by atoms with E-state index in [-0.39, 0.29) is 5.25 Å². The Balaban J connectivity index is 1.95. The topological polar surface area (TPSA) is 47.6 Å². The fraction of sp³-hybridized carbons (Fsp3) is 0.316. The van der Waals surface area contributed by atoms with Crippen LogP contribution in [0.4, 0.5) is 0 Å². The molecule has 0 aromatic heterocycles. The van der Waals surface area contributed by atoms with Crippen molar-refractivity contribution in [1.29, 1.82) is 0 Å². The van der Waals surface area contributed by atoms with Crippen molar-refractivity contribution >= 4 is 34.2 Å². The maximum absolute atomic E-state index is 12.2. The molecule has 1 N–H and O–H groups in total. The van der Waals surface area contributed by atoms with Crippen molar-refractivity contribution in [1.82, 2.24) is 5.48 Å². The van der Waals surface area contributed by atoms with E-state index in [2.05, 4.69) is 42.7 Å². The summed E-state index contributed by atoms with van der Waals surface area (Å²) in [5, 5.41) is 2.58. The number of methoxy groups -OCH3 is 1. The summed E-state index contributed by atoms with van der Waals surface area (Å²) >= 11 is 1.79. The summed E-state index contributed by atoms with van der Waals surface area (Å²) in [4.78, 5) is 18.6. The van der Waals surface area contributed by atoms with Crippen molar-refractivity contribution in [3.63, 3.8) is 0 Å². The number of hydrogen-bond acceptors (Lipinski definition) is 5. The highest BCUT2D eigenvalue weighted by Crippen LogP contribution is 2.40. The number of ether oxygens (including phenoxy) is 1. The van der Waals surface area contributed by atoms with Crippen LogP contribution >= 0.6 is 11.8 Å². The fourth-order valence-corrected chi connectivity index (χ4v) is 3.66. The SMILES string of the molecule is COC(C)(C)C(=O)ONC1=CC(C)Sc2ccc3ccccc3c21. The standard InChI is InChI=1S/C19H21NO3S/c1-12-11-15(20-23-18(21)19(2,3)22-4)17-14-8-6-5-7-13(14)9-10-16(17)24-12/h5-12,20H,1-4H3. The van der Waals surface area contributed by atoms with Crippen LogP contribution in [0.15, 0.2) is 47.4 Å². The zero-order valence-corrected chi connectivity index (χ0v) is 15.1. The summed E-state index contributed by atoms with van der Waals surface area (Å²) in [5.41, 5.74) is 3.74. The van der Waals surface area contributed by atoms with Crippen LogP contribution in [-0.2, 0) is 14.4 Å². The minimum Gasteiger partial charge on any atom is -0.367 e. The van der Waals surface area contributed by atoms with Gasteiger partial charge in [0.1, 0.15) is 0 Å². The first-order chi connectivity index (χ1) is 11.4. The molecule has 0 spiro atoms. The van der Waals surface area contributed by atoms with Gasteiger partial charge in [-0.2, -0.15) is 0 Å². The number of carbonyl (C=O) groups excluding carboxylic acids is 1. The van der Waals surface area contributed by atoms with E-state index < -0.39 is 11.6 Å². The Hall–Kier alpha value is -1.98. The molecule has 0 aliphatic carbocycles. The van der Waals surface area contributed by atoms with Crippen molar-refractivity contribution in [2.45, 2.75) is 36.5 Å². The third-order valence-corrected chi connectivity index (χ3v) is 5.23. The minimum absolute atomic E-state index is 0.287. The molecule has 2 aromatic carbocycles. The molecule has 126 valence electrons. The highest BCUT2D eigenvalue weighted by atomic mass is 32.2. The molecule has 0 saturated heterocycles. The van der Waals surface area contributed by atoms with Gasteiger partial charge >= 0.3 is 5.97 Å². The van der Waals surface area contributed by atoms with Crippen molar-refractivity contribution < 1.29 is 14.4 Å². The van der Waals surface area contributed by atoms with E-state index in [9.17, 15) is 4.79 Å². The largest absolute Gasteiger partial charge is 0.367 e. The summed E-state index contributed by atoms with van der Waals surface area (Å²) < 4.78 is 5.16. The Kier molecular flexibility index (Phi) is 4.56. The van der Waals surface area contributed by atoms with Crippen LogP contribution in [0.2, 0.25) is 0 Å². The van der Waals surface area contributed by atoms with Gasteiger partial charge in [-0.25, -0.2) is 10.3 Å². The van der Waals surface area contributed by atoms with Gasteiger partial charge in [0.05, 0.1) is 5.70 Å². The molecule has 0 radical (unpaired) electrons. The first kappa shape index (κ1) is 16.9. The van der Waals surface area contributed by atoms with Gasteiger partial charge in [-0.3, -0.25) is 0 Å². The van der Waals surface area contributed by atoms with Gasteiger partial charge in [-0.1, -0.05) is 30.3 Å². The van der Waals surface area contributed by atoms with Gasteiger partial charge in [0.2, 0.25) is 0 Å². The number of hydrogen-bond donors (Lipinski definition) is 1. The monoisotopic (exact) mass is 343 g/mol. The Morgan fingerprint density at radius 3 is 2.71 bits per heavy atom. The smallest absolute Gasteiger partial charge is 0.362 e. The molecule has 4 nitrogen and oxygen atoms in total. The molecule has 1 aliphatic heterocycles. The number of rotatable bonds is 4. The number of hydroxylamine groups is 1. The van der Waals surface area contributed by atoms with Crippen LogP contribution in [-0.4, -0.2) is 23.9 Å². The number of nitrogens with one attached hydrogen (secondary N) is 1. The van der Waals surface area contributed by atoms with E-state index in [1.807, 2.05) is 12.1 Å². The molecule has 3 rings (SSSR count). The molecule has 0 bridgehead atoms. The summed E-state index contributed by atoms with van der Waals surface area (Å²) in [6.45, 7) is 5.47. The van der Waals surface area contributed by atoms with E-state index >= 15 is 0 Å². The molecule has 0 saturated carbocycles. The van der Waals surface area contributed by atoms with Crippen LogP contribution in [0.3, 0.4) is 0 Å². The van der Waals surface area contributed by atoms with Crippen LogP contribution in [0.25, 0.3) is 16.5 Å². The number of benzene rings is 2. The van der Waals surface area contributed by atoms with Gasteiger partial charge in [-0.15, -0.1) is 11.8 Å². The average Bonchev–Trinajstić information content (AvgIpc) is 2.58. The molecule has 1 unspecified atom stereocenters. The molecule has 2 aromatic rings. The zero-order valence-electron chi connectivity index (χ0n) is 14.3. The van der Waals surface area contributed by atoms with E-state index in [0.717, 1.165) is 22.0 Å². The third kappa shape index (κ3) is 3.14. The second kappa shape index (κ2) is 6.49. The van der Waals surface area contributed by atoms with Gasteiger partial charge in [0.25, 0.3) is 0 Å². The van der Waals surface area contributed by atoms with Crippen LogP contribution < -0.4 is 5.48 Å². The number of thioether (sulfide) groups is 1. The molecular formula is C19H21NO3S. The molecule has 1 atom stereocenters. The predicted octanol–water partition coefficient (Wildman–Crippen LogP) is 4.15. The molecule has 0 amide bonds. The Morgan fingerprint density at radius 2 is 1.96 bits per heavy atom. The lowest BCUT2D eigenvalue weighted by Crippen LogP contribution is -2.38. The number of carbonyl (C=O) groups is 1. The molecule has 0 fully saturated rings. The fourth-order valence-electron chi connectivity index (χ4n) is 2.57. The molecular weight excluding hydrogens is 322 g/mol.